The Morgan fingerprint density at radius 1 is 0.974 bits per heavy atom. The van der Waals surface area contributed by atoms with Gasteiger partial charge in [-0.3, -0.25) is 9.59 Å². The van der Waals surface area contributed by atoms with Crippen molar-refractivity contribution >= 4 is 56.3 Å². The first-order chi connectivity index (χ1) is 18.3. The average molecular weight is 554 g/mol. The van der Waals surface area contributed by atoms with E-state index in [9.17, 15) is 22.8 Å². The third-order valence-corrected chi connectivity index (χ3v) is 9.18. The van der Waals surface area contributed by atoms with Crippen molar-refractivity contribution in [2.45, 2.75) is 23.5 Å². The number of amides is 4. The molecule has 3 N–H and O–H groups in total. The van der Waals surface area contributed by atoms with Gasteiger partial charge in [-0.1, -0.05) is 6.07 Å². The number of nitrogens with zero attached hydrogens (tertiary/aromatic N) is 2. The molecule has 5 rings (SSSR count). The highest BCUT2D eigenvalue weighted by Gasteiger charge is 2.32. The molecule has 0 saturated carbocycles. The van der Waals surface area contributed by atoms with E-state index in [2.05, 4.69) is 15.5 Å². The number of fused-ring (bicyclic) bond motifs is 1. The van der Waals surface area contributed by atoms with Crippen LogP contribution in [0, 0.1) is 0 Å². The summed E-state index contributed by atoms with van der Waals surface area (Å²) < 4.78 is 26.4. The van der Waals surface area contributed by atoms with Crippen molar-refractivity contribution in [2.75, 3.05) is 41.7 Å². The molecule has 2 aliphatic rings. The van der Waals surface area contributed by atoms with Crippen LogP contribution in [0.2, 0.25) is 0 Å². The molecule has 0 spiro atoms. The van der Waals surface area contributed by atoms with Crippen molar-refractivity contribution in [3.63, 3.8) is 0 Å². The van der Waals surface area contributed by atoms with Crippen molar-refractivity contribution in [2.24, 2.45) is 0 Å². The maximum atomic E-state index is 13.2. The van der Waals surface area contributed by atoms with Crippen LogP contribution in [0.5, 0.6) is 0 Å². The second-order valence-corrected chi connectivity index (χ2v) is 12.0. The normalized spacial score (nSPS) is 15.8. The van der Waals surface area contributed by atoms with Gasteiger partial charge in [-0.15, -0.1) is 11.3 Å². The number of rotatable bonds is 8. The van der Waals surface area contributed by atoms with Crippen LogP contribution < -0.4 is 20.3 Å². The van der Waals surface area contributed by atoms with Crippen LogP contribution in [0.3, 0.4) is 0 Å². The number of benzene rings is 2. The fourth-order valence-corrected chi connectivity index (χ4v) is 6.50. The van der Waals surface area contributed by atoms with Gasteiger partial charge in [0.2, 0.25) is 5.91 Å². The topological polar surface area (TPSA) is 128 Å². The molecule has 1 saturated heterocycles. The van der Waals surface area contributed by atoms with Gasteiger partial charge in [-0.05, 0) is 85.4 Å². The molecule has 10 nitrogen and oxygen atoms in total. The molecule has 4 amide bonds. The summed E-state index contributed by atoms with van der Waals surface area (Å²) in [4.78, 5) is 41.8. The number of carbonyl (C=O) groups excluding carboxylic acids is 3. The summed E-state index contributed by atoms with van der Waals surface area (Å²) in [6.45, 7) is 4.02. The predicted octanol–water partition coefficient (Wildman–Crippen LogP) is 3.50. The van der Waals surface area contributed by atoms with Gasteiger partial charge in [0, 0.05) is 30.0 Å². The number of carbonyl (C=O) groups is 3. The maximum Gasteiger partial charge on any atom is 0.333 e. The number of likely N-dealkylation sites (tertiary alicyclic amines) is 1. The molecule has 1 fully saturated rings. The maximum absolute atomic E-state index is 13.2. The van der Waals surface area contributed by atoms with E-state index in [4.69, 9.17) is 0 Å². The van der Waals surface area contributed by atoms with Crippen molar-refractivity contribution in [3.05, 3.63) is 71.1 Å². The molecule has 12 heteroatoms. The van der Waals surface area contributed by atoms with Crippen molar-refractivity contribution < 1.29 is 22.8 Å². The number of nitrogens with one attached hydrogen (secondary N) is 3. The van der Waals surface area contributed by atoms with Gasteiger partial charge in [0.05, 0.1) is 12.1 Å². The molecule has 0 radical (unpaired) electrons. The Morgan fingerprint density at radius 2 is 1.71 bits per heavy atom. The lowest BCUT2D eigenvalue weighted by molar-refractivity contribution is -0.117. The Labute approximate surface area is 224 Å². The molecule has 2 aliphatic heterocycles. The summed E-state index contributed by atoms with van der Waals surface area (Å²) in [6, 6.07) is 13.5. The van der Waals surface area contributed by atoms with Crippen LogP contribution in [-0.2, 0) is 21.2 Å². The quantitative estimate of drug-likeness (QED) is 0.364. The van der Waals surface area contributed by atoms with Crippen LogP contribution in [-0.4, -0.2) is 57.3 Å². The van der Waals surface area contributed by atoms with Gasteiger partial charge in [0.15, 0.2) is 0 Å². The van der Waals surface area contributed by atoms with Gasteiger partial charge >= 0.3 is 6.03 Å². The van der Waals surface area contributed by atoms with Gasteiger partial charge in [0.25, 0.3) is 15.9 Å². The average Bonchev–Trinajstić information content (AvgIpc) is 3.60. The molecule has 0 unspecified atom stereocenters. The minimum Gasteiger partial charge on any atom is -0.384 e. The molecule has 198 valence electrons. The smallest absolute Gasteiger partial charge is 0.333 e. The van der Waals surface area contributed by atoms with Crippen LogP contribution in [0.1, 0.15) is 28.8 Å². The number of imide groups is 1. The molecule has 0 bridgehead atoms. The highest BCUT2D eigenvalue weighted by atomic mass is 32.2. The number of sulfonamides is 1. The van der Waals surface area contributed by atoms with Crippen LogP contribution in [0.25, 0.3) is 0 Å². The largest absolute Gasteiger partial charge is 0.384 e. The first-order valence-corrected chi connectivity index (χ1v) is 14.6. The van der Waals surface area contributed by atoms with E-state index in [1.165, 1.54) is 43.2 Å². The fourth-order valence-electron chi connectivity index (χ4n) is 4.60. The zero-order chi connectivity index (χ0) is 26.7. The molecular formula is C26H27N5O5S2. The number of hydrogen-bond acceptors (Lipinski definition) is 8. The van der Waals surface area contributed by atoms with Gasteiger partial charge in [0.1, 0.15) is 4.21 Å². The second-order valence-electron chi connectivity index (χ2n) is 9.10. The van der Waals surface area contributed by atoms with Gasteiger partial charge in [-0.25, -0.2) is 22.8 Å². The Bertz CT molecular complexity index is 1450. The molecule has 3 aromatic rings. The van der Waals surface area contributed by atoms with Crippen LogP contribution in [0.15, 0.2) is 64.2 Å². The minimum atomic E-state index is -3.96. The summed E-state index contributed by atoms with van der Waals surface area (Å²) in [6.07, 6.45) is 2.58. The molecule has 3 heterocycles. The summed E-state index contributed by atoms with van der Waals surface area (Å²) in [5.74, 6) is -0.766. The zero-order valence-corrected chi connectivity index (χ0v) is 22.1. The highest BCUT2D eigenvalue weighted by Crippen LogP contribution is 2.28. The van der Waals surface area contributed by atoms with Crippen LogP contribution in [0.4, 0.5) is 21.9 Å². The lowest BCUT2D eigenvalue weighted by Gasteiger charge is -2.27. The summed E-state index contributed by atoms with van der Waals surface area (Å²) in [5, 5.41) is 7.43. The number of urea groups is 1. The summed E-state index contributed by atoms with van der Waals surface area (Å²) in [5.41, 5.74) is 2.69. The van der Waals surface area contributed by atoms with E-state index in [-0.39, 0.29) is 16.5 Å². The second kappa shape index (κ2) is 10.9. The molecule has 0 aliphatic carbocycles. The number of anilines is 3. The van der Waals surface area contributed by atoms with E-state index in [1.54, 1.807) is 17.5 Å². The highest BCUT2D eigenvalue weighted by molar-refractivity contribution is 7.92. The minimum absolute atomic E-state index is 0.0235. The van der Waals surface area contributed by atoms with Crippen molar-refractivity contribution in [1.29, 1.82) is 0 Å². The van der Waals surface area contributed by atoms with Crippen molar-refractivity contribution in [1.82, 2.24) is 9.62 Å². The summed E-state index contributed by atoms with van der Waals surface area (Å²) in [7, 11) is -3.96. The molecule has 0 atom stereocenters. The Morgan fingerprint density at radius 3 is 2.42 bits per heavy atom. The first kappa shape index (κ1) is 25.9. The monoisotopic (exact) mass is 553 g/mol. The van der Waals surface area contributed by atoms with Gasteiger partial charge < -0.3 is 15.5 Å². The van der Waals surface area contributed by atoms with E-state index in [1.807, 2.05) is 16.9 Å². The molecule has 1 aromatic heterocycles. The fraction of sp³-hybridized carbons (Fsp3) is 0.269. The number of thiophene rings is 1. The number of hydrogen-bond donors (Lipinski definition) is 3. The van der Waals surface area contributed by atoms with E-state index < -0.39 is 22.0 Å². The summed E-state index contributed by atoms with van der Waals surface area (Å²) >= 11 is 0.995. The SMILES string of the molecule is O=C(Nc1ccc(N2C(=O)Cc3cc(NCCN4CCCC4)ccc3C2=O)cc1)NS(=O)(=O)c1cccs1. The first-order valence-electron chi connectivity index (χ1n) is 12.2. The van der Waals surface area contributed by atoms with E-state index in [0.717, 1.165) is 48.1 Å². The predicted molar refractivity (Wildman–Crippen MR) is 146 cm³/mol. The lowest BCUT2D eigenvalue weighted by Crippen LogP contribution is -2.42. The lowest BCUT2D eigenvalue weighted by atomic mass is 9.97. The molecule has 2 aromatic carbocycles. The third-order valence-electron chi connectivity index (χ3n) is 6.46. The van der Waals surface area contributed by atoms with Gasteiger partial charge in [-0.2, -0.15) is 0 Å². The Kier molecular flexibility index (Phi) is 7.45. The standard InChI is InChI=1S/C26H27N5O5S2/c32-23-17-18-16-20(27-11-14-30-12-1-2-13-30)7-10-22(18)25(33)31(23)21-8-5-19(6-9-21)28-26(34)29-38(35,36)24-4-3-15-37-24/h3-10,15-16,27H,1-2,11-14,17H2,(H2,28,29,34). The molecular weight excluding hydrogens is 526 g/mol. The Hall–Kier alpha value is -3.74. The van der Waals surface area contributed by atoms with E-state index in [0.29, 0.717) is 22.5 Å². The third kappa shape index (κ3) is 5.72. The van der Waals surface area contributed by atoms with E-state index >= 15 is 0 Å². The van der Waals surface area contributed by atoms with Crippen LogP contribution >= 0.6 is 11.3 Å². The Balaban J connectivity index is 1.21. The molecule has 38 heavy (non-hydrogen) atoms. The van der Waals surface area contributed by atoms with Crippen molar-refractivity contribution in [3.8, 4) is 0 Å². The zero-order valence-electron chi connectivity index (χ0n) is 20.5.